The lowest BCUT2D eigenvalue weighted by atomic mass is 10.1. The molecule has 0 aromatic heterocycles. The Morgan fingerprint density at radius 2 is 1.89 bits per heavy atom. The number of aliphatic hydroxyl groups is 1. The first-order chi connectivity index (χ1) is 8.95. The van der Waals surface area contributed by atoms with Gasteiger partial charge in [0.15, 0.2) is 11.5 Å². The molecule has 4 heteroatoms. The Balaban J connectivity index is 2.17. The van der Waals surface area contributed by atoms with E-state index in [4.69, 9.17) is 9.47 Å². The zero-order valence-corrected chi connectivity index (χ0v) is 12.2. The summed E-state index contributed by atoms with van der Waals surface area (Å²) in [5.74, 6) is 1.52. The number of benzene rings is 1. The molecule has 1 N–H and O–H groups in total. The van der Waals surface area contributed by atoms with Crippen LogP contribution >= 0.6 is 0 Å². The van der Waals surface area contributed by atoms with Gasteiger partial charge in [-0.05, 0) is 43.5 Å². The monoisotopic (exact) mass is 265 g/mol. The molecule has 0 saturated carbocycles. The van der Waals surface area contributed by atoms with Crippen LogP contribution in [0.15, 0.2) is 12.1 Å². The third kappa shape index (κ3) is 3.19. The number of likely N-dealkylation sites (tertiary alicyclic amines) is 1. The van der Waals surface area contributed by atoms with E-state index in [0.717, 1.165) is 37.6 Å². The number of hydrogen-bond donors (Lipinski definition) is 1. The highest BCUT2D eigenvalue weighted by molar-refractivity contribution is 5.47. The second-order valence-corrected chi connectivity index (χ2v) is 5.59. The van der Waals surface area contributed by atoms with E-state index in [2.05, 4.69) is 11.8 Å². The largest absolute Gasteiger partial charge is 0.493 e. The number of ether oxygens (including phenoxy) is 2. The average molecular weight is 265 g/mol. The molecule has 1 saturated heterocycles. The van der Waals surface area contributed by atoms with Crippen molar-refractivity contribution in [3.05, 3.63) is 23.3 Å². The molecule has 0 radical (unpaired) electrons. The molecule has 0 spiro atoms. The number of hydrogen-bond acceptors (Lipinski definition) is 4. The summed E-state index contributed by atoms with van der Waals surface area (Å²) in [7, 11) is 3.30. The first-order valence-corrected chi connectivity index (χ1v) is 6.61. The highest BCUT2D eigenvalue weighted by Gasteiger charge is 2.31. The minimum absolute atomic E-state index is 0.551. The van der Waals surface area contributed by atoms with E-state index in [1.165, 1.54) is 11.1 Å². The maximum atomic E-state index is 10.0. The van der Waals surface area contributed by atoms with Crippen LogP contribution in [-0.4, -0.2) is 42.9 Å². The summed E-state index contributed by atoms with van der Waals surface area (Å²) < 4.78 is 10.6. The summed E-state index contributed by atoms with van der Waals surface area (Å²) in [5, 5.41) is 10.0. The molecule has 1 unspecified atom stereocenters. The zero-order chi connectivity index (χ0) is 14.0. The van der Waals surface area contributed by atoms with E-state index < -0.39 is 5.60 Å². The van der Waals surface area contributed by atoms with Crippen LogP contribution in [0.3, 0.4) is 0 Å². The van der Waals surface area contributed by atoms with Crippen LogP contribution in [0, 0.1) is 6.92 Å². The molecule has 1 aromatic rings. The third-order valence-electron chi connectivity index (χ3n) is 3.77. The molecule has 2 rings (SSSR count). The Hall–Kier alpha value is -1.26. The molecule has 0 bridgehead atoms. The van der Waals surface area contributed by atoms with Crippen molar-refractivity contribution in [1.29, 1.82) is 0 Å². The van der Waals surface area contributed by atoms with Gasteiger partial charge in [0.25, 0.3) is 0 Å². The van der Waals surface area contributed by atoms with E-state index in [-0.39, 0.29) is 0 Å². The second-order valence-electron chi connectivity index (χ2n) is 5.59. The van der Waals surface area contributed by atoms with Gasteiger partial charge in [-0.1, -0.05) is 0 Å². The standard InChI is InChI=1S/C15H23NO3/c1-11-7-13(18-3)14(19-4)8-12(11)9-16-6-5-15(2,17)10-16/h7-8,17H,5-6,9-10H2,1-4H3. The number of β-amino-alcohol motifs (C(OH)–C–C–N with tert-alkyl or cyclic N) is 1. The minimum Gasteiger partial charge on any atom is -0.493 e. The van der Waals surface area contributed by atoms with Crippen molar-refractivity contribution in [2.45, 2.75) is 32.4 Å². The van der Waals surface area contributed by atoms with Crippen molar-refractivity contribution in [2.24, 2.45) is 0 Å². The van der Waals surface area contributed by atoms with E-state index >= 15 is 0 Å². The normalized spacial score (nSPS) is 23.6. The van der Waals surface area contributed by atoms with Crippen LogP contribution in [0.4, 0.5) is 0 Å². The Bertz CT molecular complexity index is 457. The Kier molecular flexibility index (Phi) is 4.02. The van der Waals surface area contributed by atoms with Crippen LogP contribution in [0.25, 0.3) is 0 Å². The average Bonchev–Trinajstić information content (AvgIpc) is 2.70. The summed E-state index contributed by atoms with van der Waals surface area (Å²) in [4.78, 5) is 2.27. The molecular weight excluding hydrogens is 242 g/mol. The number of methoxy groups -OCH3 is 2. The predicted octanol–water partition coefficient (Wildman–Crippen LogP) is 1.97. The number of rotatable bonds is 4. The van der Waals surface area contributed by atoms with Crippen molar-refractivity contribution in [2.75, 3.05) is 27.3 Å². The molecule has 1 aromatic carbocycles. The molecule has 1 atom stereocenters. The van der Waals surface area contributed by atoms with E-state index in [9.17, 15) is 5.11 Å². The van der Waals surface area contributed by atoms with Crippen molar-refractivity contribution < 1.29 is 14.6 Å². The fourth-order valence-electron chi connectivity index (χ4n) is 2.61. The van der Waals surface area contributed by atoms with Gasteiger partial charge in [-0.15, -0.1) is 0 Å². The van der Waals surface area contributed by atoms with Crippen LogP contribution in [-0.2, 0) is 6.54 Å². The first kappa shape index (κ1) is 14.2. The first-order valence-electron chi connectivity index (χ1n) is 6.61. The molecule has 0 amide bonds. The van der Waals surface area contributed by atoms with Crippen LogP contribution in [0.2, 0.25) is 0 Å². The summed E-state index contributed by atoms with van der Waals surface area (Å²) in [6.45, 7) is 6.46. The lowest BCUT2D eigenvalue weighted by Crippen LogP contribution is -2.29. The molecule has 1 fully saturated rings. The van der Waals surface area contributed by atoms with Gasteiger partial charge in [0.2, 0.25) is 0 Å². The third-order valence-corrected chi connectivity index (χ3v) is 3.77. The second kappa shape index (κ2) is 5.39. The summed E-state index contributed by atoms with van der Waals surface area (Å²) in [6.07, 6.45) is 0.833. The van der Waals surface area contributed by atoms with Crippen LogP contribution in [0.1, 0.15) is 24.5 Å². The van der Waals surface area contributed by atoms with Gasteiger partial charge in [0.1, 0.15) is 0 Å². The summed E-state index contributed by atoms with van der Waals surface area (Å²) >= 11 is 0. The van der Waals surface area contributed by atoms with Crippen molar-refractivity contribution >= 4 is 0 Å². The minimum atomic E-state index is -0.551. The van der Waals surface area contributed by atoms with E-state index in [1.807, 2.05) is 19.1 Å². The fourth-order valence-corrected chi connectivity index (χ4v) is 2.61. The Labute approximate surface area is 114 Å². The van der Waals surface area contributed by atoms with Gasteiger partial charge in [-0.25, -0.2) is 0 Å². The maximum Gasteiger partial charge on any atom is 0.161 e. The number of aryl methyl sites for hydroxylation is 1. The Morgan fingerprint density at radius 1 is 1.26 bits per heavy atom. The molecule has 106 valence electrons. The SMILES string of the molecule is COc1cc(C)c(CN2CCC(C)(O)C2)cc1OC. The fraction of sp³-hybridized carbons (Fsp3) is 0.600. The molecule has 1 heterocycles. The van der Waals surface area contributed by atoms with Gasteiger partial charge in [-0.2, -0.15) is 0 Å². The summed E-state index contributed by atoms with van der Waals surface area (Å²) in [5.41, 5.74) is 1.85. The summed E-state index contributed by atoms with van der Waals surface area (Å²) in [6, 6.07) is 4.03. The highest BCUT2D eigenvalue weighted by atomic mass is 16.5. The number of nitrogens with zero attached hydrogens (tertiary/aromatic N) is 1. The van der Waals surface area contributed by atoms with Crippen LogP contribution in [0.5, 0.6) is 11.5 Å². The highest BCUT2D eigenvalue weighted by Crippen LogP contribution is 2.31. The molecule has 4 nitrogen and oxygen atoms in total. The predicted molar refractivity (Wildman–Crippen MR) is 74.8 cm³/mol. The van der Waals surface area contributed by atoms with Gasteiger partial charge >= 0.3 is 0 Å². The van der Waals surface area contributed by atoms with E-state index in [1.54, 1.807) is 14.2 Å². The Morgan fingerprint density at radius 3 is 2.42 bits per heavy atom. The molecular formula is C15H23NO3. The van der Waals surface area contributed by atoms with Crippen molar-refractivity contribution in [3.63, 3.8) is 0 Å². The topological polar surface area (TPSA) is 41.9 Å². The molecule has 19 heavy (non-hydrogen) atoms. The lowest BCUT2D eigenvalue weighted by Gasteiger charge is -2.20. The van der Waals surface area contributed by atoms with Crippen molar-refractivity contribution in [1.82, 2.24) is 4.90 Å². The molecule has 1 aliphatic heterocycles. The smallest absolute Gasteiger partial charge is 0.161 e. The van der Waals surface area contributed by atoms with Crippen LogP contribution < -0.4 is 9.47 Å². The van der Waals surface area contributed by atoms with Gasteiger partial charge in [0, 0.05) is 19.6 Å². The van der Waals surface area contributed by atoms with Gasteiger partial charge < -0.3 is 14.6 Å². The maximum absolute atomic E-state index is 10.0. The van der Waals surface area contributed by atoms with Crippen molar-refractivity contribution in [3.8, 4) is 11.5 Å². The van der Waals surface area contributed by atoms with Gasteiger partial charge in [0.05, 0.1) is 19.8 Å². The van der Waals surface area contributed by atoms with E-state index in [0.29, 0.717) is 0 Å². The molecule has 0 aliphatic carbocycles. The quantitative estimate of drug-likeness (QED) is 0.904. The van der Waals surface area contributed by atoms with Gasteiger partial charge in [-0.3, -0.25) is 4.90 Å². The zero-order valence-electron chi connectivity index (χ0n) is 12.2. The lowest BCUT2D eigenvalue weighted by molar-refractivity contribution is 0.0678. The molecule has 1 aliphatic rings.